The van der Waals surface area contributed by atoms with Crippen molar-refractivity contribution in [2.45, 2.75) is 6.04 Å². The number of aromatic nitrogens is 1. The second-order valence-corrected chi connectivity index (χ2v) is 9.35. The molecule has 3 atom stereocenters. The molecule has 3 heterocycles. The van der Waals surface area contributed by atoms with Crippen molar-refractivity contribution in [2.75, 3.05) is 33.0 Å². The first kappa shape index (κ1) is 18.9. The molecule has 8 heteroatoms. The van der Waals surface area contributed by atoms with Gasteiger partial charge in [-0.25, -0.2) is 13.4 Å². The highest BCUT2D eigenvalue weighted by Crippen LogP contribution is 2.46. The average molecular weight is 401 g/mol. The molecule has 4 rings (SSSR count). The van der Waals surface area contributed by atoms with Gasteiger partial charge in [0.05, 0.1) is 25.0 Å². The number of hydrogen-bond donors (Lipinski definition) is 0. The predicted octanol–water partition coefficient (Wildman–Crippen LogP) is 1.79. The number of ether oxygens (including phenoxy) is 1. The summed E-state index contributed by atoms with van der Waals surface area (Å²) in [6.45, 7) is 1.51. The van der Waals surface area contributed by atoms with Crippen molar-refractivity contribution in [3.63, 3.8) is 0 Å². The van der Waals surface area contributed by atoms with E-state index in [9.17, 15) is 13.2 Å². The molecule has 0 saturated carbocycles. The van der Waals surface area contributed by atoms with E-state index >= 15 is 0 Å². The van der Waals surface area contributed by atoms with Gasteiger partial charge in [-0.1, -0.05) is 30.3 Å². The van der Waals surface area contributed by atoms with Crippen LogP contribution in [-0.2, 0) is 10.0 Å². The minimum atomic E-state index is -3.33. The molecule has 28 heavy (non-hydrogen) atoms. The van der Waals surface area contributed by atoms with E-state index < -0.39 is 10.0 Å². The highest BCUT2D eigenvalue weighted by Gasteiger charge is 2.51. The van der Waals surface area contributed by atoms with Crippen LogP contribution in [0, 0.1) is 11.8 Å². The first-order valence-corrected chi connectivity index (χ1v) is 11.0. The summed E-state index contributed by atoms with van der Waals surface area (Å²) >= 11 is 0. The standard InChI is InChI=1S/C20H23N3O4S/c1-27-18-9-8-15(10-21-18)20(24)22-11-16-12-23(28(2,25)26)19(17(16)13-22)14-6-4-3-5-7-14/h3-10,16-17,19H,11-13H2,1-2H3/t16-,17-,19+/m1/s1. The lowest BCUT2D eigenvalue weighted by Crippen LogP contribution is -2.37. The predicted molar refractivity (Wildman–Crippen MR) is 104 cm³/mol. The van der Waals surface area contributed by atoms with Gasteiger partial charge in [0.1, 0.15) is 0 Å². The Morgan fingerprint density at radius 2 is 1.86 bits per heavy atom. The second-order valence-electron chi connectivity index (χ2n) is 7.41. The molecule has 1 amide bonds. The van der Waals surface area contributed by atoms with Gasteiger partial charge in [0, 0.05) is 37.8 Å². The van der Waals surface area contributed by atoms with Crippen LogP contribution in [-0.4, -0.2) is 61.5 Å². The monoisotopic (exact) mass is 401 g/mol. The van der Waals surface area contributed by atoms with Gasteiger partial charge in [0.25, 0.3) is 5.91 Å². The summed E-state index contributed by atoms with van der Waals surface area (Å²) in [5.41, 5.74) is 1.48. The largest absolute Gasteiger partial charge is 0.481 e. The molecule has 0 spiro atoms. The summed E-state index contributed by atoms with van der Waals surface area (Å²) in [4.78, 5) is 18.8. The lowest BCUT2D eigenvalue weighted by Gasteiger charge is -2.28. The van der Waals surface area contributed by atoms with E-state index in [4.69, 9.17) is 4.74 Å². The number of likely N-dealkylation sites (tertiary alicyclic amines) is 1. The van der Waals surface area contributed by atoms with Crippen LogP contribution in [0.15, 0.2) is 48.7 Å². The van der Waals surface area contributed by atoms with Crippen LogP contribution in [0.4, 0.5) is 0 Å². The number of sulfonamides is 1. The Labute approximate surface area is 165 Å². The molecule has 2 aliphatic rings. The SMILES string of the molecule is COc1ccc(C(=O)N2C[C@@H]3CN(S(C)(=O)=O)[C@@H](c4ccccc4)[C@@H]3C2)cn1. The smallest absolute Gasteiger partial charge is 0.255 e. The second kappa shape index (κ2) is 7.18. The maximum Gasteiger partial charge on any atom is 0.255 e. The number of methoxy groups -OCH3 is 1. The normalized spacial score (nSPS) is 24.9. The molecule has 7 nitrogen and oxygen atoms in total. The molecule has 2 fully saturated rings. The minimum Gasteiger partial charge on any atom is -0.481 e. The van der Waals surface area contributed by atoms with Crippen LogP contribution in [0.2, 0.25) is 0 Å². The van der Waals surface area contributed by atoms with Gasteiger partial charge in [-0.2, -0.15) is 4.31 Å². The molecule has 1 aromatic heterocycles. The quantitative estimate of drug-likeness (QED) is 0.780. The molecule has 2 aromatic rings. The summed E-state index contributed by atoms with van der Waals surface area (Å²) in [6, 6.07) is 12.8. The molecule has 0 radical (unpaired) electrons. The Morgan fingerprint density at radius 1 is 1.11 bits per heavy atom. The zero-order valence-electron chi connectivity index (χ0n) is 15.9. The molecule has 2 saturated heterocycles. The summed E-state index contributed by atoms with van der Waals surface area (Å²) in [5.74, 6) is 0.576. The molecule has 0 aliphatic carbocycles. The zero-order valence-corrected chi connectivity index (χ0v) is 16.7. The minimum absolute atomic E-state index is 0.0762. The van der Waals surface area contributed by atoms with E-state index in [0.717, 1.165) is 5.56 Å². The number of benzene rings is 1. The van der Waals surface area contributed by atoms with Gasteiger partial charge in [-0.3, -0.25) is 4.79 Å². The molecular weight excluding hydrogens is 378 g/mol. The van der Waals surface area contributed by atoms with Gasteiger partial charge in [0.2, 0.25) is 15.9 Å². The molecule has 148 valence electrons. The third-order valence-corrected chi connectivity index (χ3v) is 6.90. The van der Waals surface area contributed by atoms with Crippen molar-refractivity contribution >= 4 is 15.9 Å². The maximum atomic E-state index is 12.9. The number of amides is 1. The molecule has 1 aromatic carbocycles. The Morgan fingerprint density at radius 3 is 2.46 bits per heavy atom. The van der Waals surface area contributed by atoms with Gasteiger partial charge in [-0.15, -0.1) is 0 Å². The number of fused-ring (bicyclic) bond motifs is 1. The van der Waals surface area contributed by atoms with Crippen molar-refractivity contribution in [1.29, 1.82) is 0 Å². The van der Waals surface area contributed by atoms with Crippen LogP contribution in [0.1, 0.15) is 22.0 Å². The van der Waals surface area contributed by atoms with Crippen LogP contribution >= 0.6 is 0 Å². The molecule has 0 unspecified atom stereocenters. The van der Waals surface area contributed by atoms with Crippen molar-refractivity contribution in [1.82, 2.24) is 14.2 Å². The third kappa shape index (κ3) is 3.38. The molecular formula is C20H23N3O4S. The van der Waals surface area contributed by atoms with E-state index in [0.29, 0.717) is 31.1 Å². The maximum absolute atomic E-state index is 12.9. The molecule has 0 N–H and O–H groups in total. The highest BCUT2D eigenvalue weighted by molar-refractivity contribution is 7.88. The van der Waals surface area contributed by atoms with E-state index in [1.165, 1.54) is 19.6 Å². The number of carbonyl (C=O) groups is 1. The van der Waals surface area contributed by atoms with Gasteiger partial charge in [0.15, 0.2) is 0 Å². The first-order chi connectivity index (χ1) is 13.4. The lowest BCUT2D eigenvalue weighted by atomic mass is 9.90. The molecule has 0 bridgehead atoms. The number of nitrogens with zero attached hydrogens (tertiary/aromatic N) is 3. The van der Waals surface area contributed by atoms with Crippen LogP contribution in [0.3, 0.4) is 0 Å². The third-order valence-electron chi connectivity index (χ3n) is 5.67. The number of carbonyl (C=O) groups excluding carboxylic acids is 1. The van der Waals surface area contributed by atoms with E-state index in [-0.39, 0.29) is 23.8 Å². The van der Waals surface area contributed by atoms with E-state index in [1.807, 2.05) is 35.2 Å². The van der Waals surface area contributed by atoms with Gasteiger partial charge < -0.3 is 9.64 Å². The summed E-state index contributed by atoms with van der Waals surface area (Å²) in [7, 11) is -1.80. The Kier molecular flexibility index (Phi) is 4.84. The van der Waals surface area contributed by atoms with Gasteiger partial charge >= 0.3 is 0 Å². The average Bonchev–Trinajstić information content (AvgIpc) is 3.26. The number of pyridine rings is 1. The van der Waals surface area contributed by atoms with Gasteiger partial charge in [-0.05, 0) is 17.5 Å². The lowest BCUT2D eigenvalue weighted by molar-refractivity contribution is 0.0773. The number of hydrogen-bond acceptors (Lipinski definition) is 5. The first-order valence-electron chi connectivity index (χ1n) is 9.19. The van der Waals surface area contributed by atoms with Crippen molar-refractivity contribution in [3.05, 3.63) is 59.8 Å². The van der Waals surface area contributed by atoms with Crippen molar-refractivity contribution in [3.8, 4) is 5.88 Å². The summed E-state index contributed by atoms with van der Waals surface area (Å²) < 4.78 is 31.4. The number of rotatable bonds is 4. The van der Waals surface area contributed by atoms with E-state index in [1.54, 1.807) is 16.4 Å². The summed E-state index contributed by atoms with van der Waals surface area (Å²) in [5, 5.41) is 0. The fraction of sp³-hybridized carbons (Fsp3) is 0.400. The highest BCUT2D eigenvalue weighted by atomic mass is 32.2. The van der Waals surface area contributed by atoms with Crippen LogP contribution < -0.4 is 4.74 Å². The fourth-order valence-electron chi connectivity index (χ4n) is 4.39. The zero-order chi connectivity index (χ0) is 19.9. The Bertz CT molecular complexity index is 963. The van der Waals surface area contributed by atoms with Crippen molar-refractivity contribution < 1.29 is 17.9 Å². The molecule has 2 aliphatic heterocycles. The summed E-state index contributed by atoms with van der Waals surface area (Å²) in [6.07, 6.45) is 2.78. The van der Waals surface area contributed by atoms with E-state index in [2.05, 4.69) is 4.98 Å². The topological polar surface area (TPSA) is 79.8 Å². The Balaban J connectivity index is 1.58. The fourth-order valence-corrected chi connectivity index (χ4v) is 5.54. The van der Waals surface area contributed by atoms with Crippen molar-refractivity contribution in [2.24, 2.45) is 11.8 Å². The Hall–Kier alpha value is -2.45. The van der Waals surface area contributed by atoms with Crippen LogP contribution in [0.25, 0.3) is 0 Å². The van der Waals surface area contributed by atoms with Crippen LogP contribution in [0.5, 0.6) is 5.88 Å².